The van der Waals surface area contributed by atoms with E-state index in [1.54, 1.807) is 34.2 Å². The standard InChI is InChI=1S/C18H15FN4O/c1-22-9-15(7-21-22)12-2-3-14(17(19)6-12)11-23-10-13-4-5-20-8-16(13)18(23)24/h2-9H,10-11H2,1H3. The molecule has 120 valence electrons. The number of hydrogen-bond acceptors (Lipinski definition) is 3. The molecule has 0 saturated heterocycles. The molecule has 2 aromatic heterocycles. The first-order valence-electron chi connectivity index (χ1n) is 7.61. The number of rotatable bonds is 3. The predicted octanol–water partition coefficient (Wildman–Crippen LogP) is 2.78. The molecule has 4 rings (SSSR count). The highest BCUT2D eigenvalue weighted by Crippen LogP contribution is 2.26. The van der Waals surface area contributed by atoms with Crippen molar-refractivity contribution in [2.45, 2.75) is 13.1 Å². The Kier molecular flexibility index (Phi) is 3.37. The summed E-state index contributed by atoms with van der Waals surface area (Å²) in [6.07, 6.45) is 6.77. The van der Waals surface area contributed by atoms with Gasteiger partial charge in [0, 0.05) is 49.9 Å². The summed E-state index contributed by atoms with van der Waals surface area (Å²) >= 11 is 0. The zero-order valence-electron chi connectivity index (χ0n) is 13.1. The molecule has 1 aliphatic heterocycles. The minimum absolute atomic E-state index is 0.103. The van der Waals surface area contributed by atoms with Crippen molar-refractivity contribution in [2.75, 3.05) is 0 Å². The number of carbonyl (C=O) groups is 1. The molecule has 5 nitrogen and oxygen atoms in total. The Hall–Kier alpha value is -3.02. The van der Waals surface area contributed by atoms with E-state index in [1.165, 1.54) is 6.07 Å². The largest absolute Gasteiger partial charge is 0.330 e. The highest BCUT2D eigenvalue weighted by atomic mass is 19.1. The molecule has 0 unspecified atom stereocenters. The van der Waals surface area contributed by atoms with Crippen LogP contribution in [0.15, 0.2) is 49.1 Å². The van der Waals surface area contributed by atoms with E-state index in [0.717, 1.165) is 16.7 Å². The molecule has 0 radical (unpaired) electrons. The van der Waals surface area contributed by atoms with E-state index >= 15 is 0 Å². The maximum Gasteiger partial charge on any atom is 0.256 e. The molecule has 0 saturated carbocycles. The molecule has 3 aromatic rings. The Labute approximate surface area is 138 Å². The Morgan fingerprint density at radius 1 is 1.21 bits per heavy atom. The molecule has 3 heterocycles. The van der Waals surface area contributed by atoms with Crippen LogP contribution in [0, 0.1) is 5.82 Å². The second-order valence-corrected chi connectivity index (χ2v) is 5.90. The minimum Gasteiger partial charge on any atom is -0.330 e. The van der Waals surface area contributed by atoms with Gasteiger partial charge in [-0.1, -0.05) is 12.1 Å². The average molecular weight is 322 g/mol. The molecule has 0 aliphatic carbocycles. The summed E-state index contributed by atoms with van der Waals surface area (Å²) in [5, 5.41) is 4.10. The molecule has 24 heavy (non-hydrogen) atoms. The molecule has 6 heteroatoms. The number of amides is 1. The van der Waals surface area contributed by atoms with Gasteiger partial charge in [-0.3, -0.25) is 14.5 Å². The van der Waals surface area contributed by atoms with Crippen LogP contribution < -0.4 is 0 Å². The average Bonchev–Trinajstić information content (AvgIpc) is 3.14. The lowest BCUT2D eigenvalue weighted by Crippen LogP contribution is -2.23. The number of aromatic nitrogens is 3. The smallest absolute Gasteiger partial charge is 0.256 e. The Bertz CT molecular complexity index is 934. The van der Waals surface area contributed by atoms with Crippen molar-refractivity contribution in [2.24, 2.45) is 7.05 Å². The molecule has 1 aromatic carbocycles. The molecule has 0 bridgehead atoms. The second-order valence-electron chi connectivity index (χ2n) is 5.90. The van der Waals surface area contributed by atoms with Crippen LogP contribution in [-0.2, 0) is 20.1 Å². The third-order valence-electron chi connectivity index (χ3n) is 4.24. The molecule has 0 N–H and O–H groups in total. The quantitative estimate of drug-likeness (QED) is 0.745. The summed E-state index contributed by atoms with van der Waals surface area (Å²) in [7, 11) is 1.82. The Balaban J connectivity index is 1.57. The number of benzene rings is 1. The molecular formula is C18H15FN4O. The highest BCUT2D eigenvalue weighted by molar-refractivity contribution is 5.97. The van der Waals surface area contributed by atoms with Crippen molar-refractivity contribution in [3.63, 3.8) is 0 Å². The first kappa shape index (κ1) is 14.6. The van der Waals surface area contributed by atoms with Gasteiger partial charge in [-0.05, 0) is 23.3 Å². The van der Waals surface area contributed by atoms with Gasteiger partial charge in [0.2, 0.25) is 0 Å². The van der Waals surface area contributed by atoms with Crippen LogP contribution in [0.5, 0.6) is 0 Å². The van der Waals surface area contributed by atoms with Gasteiger partial charge >= 0.3 is 0 Å². The van der Waals surface area contributed by atoms with E-state index in [0.29, 0.717) is 17.7 Å². The summed E-state index contributed by atoms with van der Waals surface area (Å²) in [5.41, 5.74) is 3.66. The number of hydrogen-bond donors (Lipinski definition) is 0. The minimum atomic E-state index is -0.321. The molecule has 1 amide bonds. The van der Waals surface area contributed by atoms with Gasteiger partial charge in [-0.2, -0.15) is 5.10 Å². The van der Waals surface area contributed by atoms with Gasteiger partial charge in [0.15, 0.2) is 0 Å². The SMILES string of the molecule is Cn1cc(-c2ccc(CN3Cc4ccncc4C3=O)c(F)c2)cn1. The lowest BCUT2D eigenvalue weighted by atomic mass is 10.1. The van der Waals surface area contributed by atoms with Gasteiger partial charge in [0.05, 0.1) is 11.8 Å². The molecule has 0 atom stereocenters. The number of nitrogens with zero attached hydrogens (tertiary/aromatic N) is 4. The summed E-state index contributed by atoms with van der Waals surface area (Å²) in [6, 6.07) is 6.90. The lowest BCUT2D eigenvalue weighted by molar-refractivity contribution is 0.0765. The van der Waals surface area contributed by atoms with Crippen molar-refractivity contribution in [3.05, 3.63) is 71.6 Å². The van der Waals surface area contributed by atoms with E-state index in [9.17, 15) is 9.18 Å². The monoisotopic (exact) mass is 322 g/mol. The molecule has 0 fully saturated rings. The van der Waals surface area contributed by atoms with Crippen molar-refractivity contribution < 1.29 is 9.18 Å². The zero-order chi connectivity index (χ0) is 16.7. The van der Waals surface area contributed by atoms with Crippen LogP contribution in [0.3, 0.4) is 0 Å². The van der Waals surface area contributed by atoms with Crippen molar-refractivity contribution in [1.29, 1.82) is 0 Å². The molecular weight excluding hydrogens is 307 g/mol. The number of halogens is 1. The first-order valence-corrected chi connectivity index (χ1v) is 7.61. The number of aryl methyl sites for hydroxylation is 1. The fraction of sp³-hybridized carbons (Fsp3) is 0.167. The maximum atomic E-state index is 14.5. The fourth-order valence-corrected chi connectivity index (χ4v) is 2.96. The first-order chi connectivity index (χ1) is 11.6. The van der Waals surface area contributed by atoms with Gasteiger partial charge in [-0.25, -0.2) is 4.39 Å². The second kappa shape index (κ2) is 5.56. The van der Waals surface area contributed by atoms with Gasteiger partial charge in [-0.15, -0.1) is 0 Å². The van der Waals surface area contributed by atoms with Crippen LogP contribution in [0.2, 0.25) is 0 Å². The zero-order valence-corrected chi connectivity index (χ0v) is 13.1. The van der Waals surface area contributed by atoms with E-state index in [1.807, 2.05) is 25.4 Å². The normalized spacial score (nSPS) is 13.4. The number of carbonyl (C=O) groups excluding carboxylic acids is 1. The van der Waals surface area contributed by atoms with Crippen LogP contribution in [-0.4, -0.2) is 25.6 Å². The van der Waals surface area contributed by atoms with E-state index in [4.69, 9.17) is 0 Å². The Morgan fingerprint density at radius 2 is 2.08 bits per heavy atom. The van der Waals surface area contributed by atoms with Crippen molar-refractivity contribution in [3.8, 4) is 11.1 Å². The third-order valence-corrected chi connectivity index (χ3v) is 4.24. The van der Waals surface area contributed by atoms with Gasteiger partial charge in [0.25, 0.3) is 5.91 Å². The third kappa shape index (κ3) is 2.46. The van der Waals surface area contributed by atoms with E-state index in [2.05, 4.69) is 10.1 Å². The Morgan fingerprint density at radius 3 is 2.79 bits per heavy atom. The van der Waals surface area contributed by atoms with Crippen LogP contribution in [0.1, 0.15) is 21.5 Å². The maximum absolute atomic E-state index is 14.5. The fourth-order valence-electron chi connectivity index (χ4n) is 2.96. The summed E-state index contributed by atoms with van der Waals surface area (Å²) < 4.78 is 16.2. The number of fused-ring (bicyclic) bond motifs is 1. The summed E-state index contributed by atoms with van der Waals surface area (Å²) in [4.78, 5) is 18.0. The van der Waals surface area contributed by atoms with E-state index in [-0.39, 0.29) is 18.3 Å². The topological polar surface area (TPSA) is 51.0 Å². The summed E-state index contributed by atoms with van der Waals surface area (Å²) in [6.45, 7) is 0.729. The lowest BCUT2D eigenvalue weighted by Gasteiger charge is -2.16. The summed E-state index contributed by atoms with van der Waals surface area (Å²) in [5.74, 6) is -0.424. The van der Waals surface area contributed by atoms with Crippen LogP contribution in [0.4, 0.5) is 4.39 Å². The van der Waals surface area contributed by atoms with Gasteiger partial charge in [0.1, 0.15) is 5.82 Å². The number of pyridine rings is 1. The van der Waals surface area contributed by atoms with Gasteiger partial charge < -0.3 is 4.90 Å². The molecule has 1 aliphatic rings. The van der Waals surface area contributed by atoms with E-state index < -0.39 is 0 Å². The van der Waals surface area contributed by atoms with Crippen molar-refractivity contribution >= 4 is 5.91 Å². The highest BCUT2D eigenvalue weighted by Gasteiger charge is 2.27. The predicted molar refractivity (Wildman–Crippen MR) is 86.4 cm³/mol. The molecule has 0 spiro atoms. The van der Waals surface area contributed by atoms with Crippen LogP contribution >= 0.6 is 0 Å². The van der Waals surface area contributed by atoms with Crippen molar-refractivity contribution in [1.82, 2.24) is 19.7 Å². The van der Waals surface area contributed by atoms with Crippen LogP contribution in [0.25, 0.3) is 11.1 Å².